The molecule has 1 unspecified atom stereocenters. The van der Waals surface area contributed by atoms with E-state index in [1.54, 1.807) is 0 Å². The summed E-state index contributed by atoms with van der Waals surface area (Å²) in [5.41, 5.74) is 1.83. The van der Waals surface area contributed by atoms with Crippen LogP contribution in [0.15, 0.2) is 24.3 Å². The predicted molar refractivity (Wildman–Crippen MR) is 96.5 cm³/mol. The van der Waals surface area contributed by atoms with Gasteiger partial charge in [0.05, 0.1) is 5.41 Å². The molecule has 0 aromatic heterocycles. The standard InChI is InChI=1S/C20H30N2O2/c1-4-5-7-18(23)22-13-6-12-20(3,15-22)19(24)21-14-17-10-8-16(2)9-11-17/h8-11H,4-7,12-15H2,1-3H3,(H,21,24). The molecule has 1 saturated heterocycles. The first-order valence-corrected chi connectivity index (χ1v) is 9.06. The molecule has 0 saturated carbocycles. The van der Waals surface area contributed by atoms with Crippen LogP contribution < -0.4 is 5.32 Å². The van der Waals surface area contributed by atoms with Crippen molar-refractivity contribution in [2.45, 2.75) is 59.4 Å². The van der Waals surface area contributed by atoms with Gasteiger partial charge in [-0.3, -0.25) is 9.59 Å². The van der Waals surface area contributed by atoms with Gasteiger partial charge in [0.2, 0.25) is 11.8 Å². The van der Waals surface area contributed by atoms with Crippen LogP contribution in [-0.2, 0) is 16.1 Å². The van der Waals surface area contributed by atoms with E-state index in [1.807, 2.05) is 24.0 Å². The van der Waals surface area contributed by atoms with Crippen molar-refractivity contribution in [2.75, 3.05) is 13.1 Å². The van der Waals surface area contributed by atoms with Crippen LogP contribution in [0.4, 0.5) is 0 Å². The number of hydrogen-bond donors (Lipinski definition) is 1. The molecule has 0 bridgehead atoms. The number of piperidine rings is 1. The smallest absolute Gasteiger partial charge is 0.227 e. The van der Waals surface area contributed by atoms with Crippen LogP contribution in [-0.4, -0.2) is 29.8 Å². The average Bonchev–Trinajstić information content (AvgIpc) is 2.58. The van der Waals surface area contributed by atoms with Crippen molar-refractivity contribution in [3.8, 4) is 0 Å². The molecule has 1 aliphatic heterocycles. The summed E-state index contributed by atoms with van der Waals surface area (Å²) >= 11 is 0. The zero-order chi connectivity index (χ0) is 17.6. The van der Waals surface area contributed by atoms with Gasteiger partial charge in [-0.15, -0.1) is 0 Å². The summed E-state index contributed by atoms with van der Waals surface area (Å²) in [5, 5.41) is 3.05. The second-order valence-corrected chi connectivity index (χ2v) is 7.25. The highest BCUT2D eigenvalue weighted by Crippen LogP contribution is 2.30. The normalized spacial score (nSPS) is 20.7. The van der Waals surface area contributed by atoms with E-state index in [4.69, 9.17) is 0 Å². The minimum atomic E-state index is -0.481. The van der Waals surface area contributed by atoms with E-state index in [-0.39, 0.29) is 11.8 Å². The second-order valence-electron chi connectivity index (χ2n) is 7.25. The first-order chi connectivity index (χ1) is 11.4. The Hall–Kier alpha value is -1.84. The molecule has 4 heteroatoms. The van der Waals surface area contributed by atoms with Crippen LogP contribution in [0.25, 0.3) is 0 Å². The lowest BCUT2D eigenvalue weighted by atomic mass is 9.80. The average molecular weight is 330 g/mol. The molecule has 2 amide bonds. The van der Waals surface area contributed by atoms with E-state index < -0.39 is 5.41 Å². The molecule has 0 aliphatic carbocycles. The largest absolute Gasteiger partial charge is 0.351 e. The molecule has 24 heavy (non-hydrogen) atoms. The number of amides is 2. The topological polar surface area (TPSA) is 49.4 Å². The summed E-state index contributed by atoms with van der Waals surface area (Å²) in [5.74, 6) is 0.241. The fourth-order valence-electron chi connectivity index (χ4n) is 3.23. The van der Waals surface area contributed by atoms with Gasteiger partial charge in [-0.05, 0) is 38.7 Å². The Balaban J connectivity index is 1.91. The van der Waals surface area contributed by atoms with E-state index in [2.05, 4.69) is 31.3 Å². The maximum Gasteiger partial charge on any atom is 0.227 e. The molecule has 1 heterocycles. The van der Waals surface area contributed by atoms with Crippen molar-refractivity contribution >= 4 is 11.8 Å². The number of rotatable bonds is 6. The minimum absolute atomic E-state index is 0.0519. The molecule has 1 fully saturated rings. The lowest BCUT2D eigenvalue weighted by Gasteiger charge is -2.39. The summed E-state index contributed by atoms with van der Waals surface area (Å²) in [4.78, 5) is 26.8. The lowest BCUT2D eigenvalue weighted by molar-refractivity contribution is -0.140. The third-order valence-electron chi connectivity index (χ3n) is 4.92. The summed E-state index contributed by atoms with van der Waals surface area (Å²) in [6, 6.07) is 8.19. The lowest BCUT2D eigenvalue weighted by Crippen LogP contribution is -2.51. The molecule has 2 rings (SSSR count). The number of aryl methyl sites for hydroxylation is 1. The van der Waals surface area contributed by atoms with Crippen molar-refractivity contribution in [3.05, 3.63) is 35.4 Å². The second kappa shape index (κ2) is 8.32. The number of benzene rings is 1. The number of carbonyl (C=O) groups excluding carboxylic acids is 2. The Morgan fingerprint density at radius 1 is 1.25 bits per heavy atom. The summed E-state index contributed by atoms with van der Waals surface area (Å²) in [7, 11) is 0. The third kappa shape index (κ3) is 4.83. The molecule has 1 N–H and O–H groups in total. The maximum absolute atomic E-state index is 12.7. The van der Waals surface area contributed by atoms with Crippen LogP contribution in [0.5, 0.6) is 0 Å². The Morgan fingerprint density at radius 3 is 2.62 bits per heavy atom. The highest BCUT2D eigenvalue weighted by Gasteiger charge is 2.38. The van der Waals surface area contributed by atoms with Crippen molar-refractivity contribution in [1.29, 1.82) is 0 Å². The molecular weight excluding hydrogens is 300 g/mol. The fourth-order valence-corrected chi connectivity index (χ4v) is 3.23. The molecule has 1 aromatic rings. The van der Waals surface area contributed by atoms with Crippen LogP contribution in [0, 0.1) is 12.3 Å². The van der Waals surface area contributed by atoms with Gasteiger partial charge in [0.15, 0.2) is 0 Å². The Bertz CT molecular complexity index is 568. The Labute approximate surface area is 145 Å². The summed E-state index contributed by atoms with van der Waals surface area (Å²) in [6.45, 7) is 7.98. The first kappa shape index (κ1) is 18.5. The molecule has 0 radical (unpaired) electrons. The van der Waals surface area contributed by atoms with E-state index >= 15 is 0 Å². The van der Waals surface area contributed by atoms with Crippen molar-refractivity contribution in [2.24, 2.45) is 5.41 Å². The predicted octanol–water partition coefficient (Wildman–Crippen LogP) is 3.43. The van der Waals surface area contributed by atoms with Gasteiger partial charge in [-0.2, -0.15) is 0 Å². The number of nitrogens with zero attached hydrogens (tertiary/aromatic N) is 1. The summed E-state index contributed by atoms with van der Waals surface area (Å²) < 4.78 is 0. The number of unbranched alkanes of at least 4 members (excludes halogenated alkanes) is 1. The fraction of sp³-hybridized carbons (Fsp3) is 0.600. The first-order valence-electron chi connectivity index (χ1n) is 9.06. The number of hydrogen-bond acceptors (Lipinski definition) is 2. The van der Waals surface area contributed by atoms with Gasteiger partial charge >= 0.3 is 0 Å². The third-order valence-corrected chi connectivity index (χ3v) is 4.92. The zero-order valence-electron chi connectivity index (χ0n) is 15.2. The monoisotopic (exact) mass is 330 g/mol. The number of carbonyl (C=O) groups is 2. The molecule has 4 nitrogen and oxygen atoms in total. The van der Waals surface area contributed by atoms with E-state index in [0.29, 0.717) is 19.5 Å². The number of nitrogens with one attached hydrogen (secondary N) is 1. The van der Waals surface area contributed by atoms with Gasteiger partial charge in [0.1, 0.15) is 0 Å². The van der Waals surface area contributed by atoms with Crippen molar-refractivity contribution in [3.63, 3.8) is 0 Å². The highest BCUT2D eigenvalue weighted by molar-refractivity contribution is 5.84. The molecule has 1 aromatic carbocycles. The Morgan fingerprint density at radius 2 is 1.96 bits per heavy atom. The molecular formula is C20H30N2O2. The van der Waals surface area contributed by atoms with Gasteiger partial charge < -0.3 is 10.2 Å². The molecule has 1 aliphatic rings. The SMILES string of the molecule is CCCCC(=O)N1CCCC(C)(C(=O)NCc2ccc(C)cc2)C1. The van der Waals surface area contributed by atoms with Crippen LogP contribution >= 0.6 is 0 Å². The van der Waals surface area contributed by atoms with Crippen LogP contribution in [0.2, 0.25) is 0 Å². The van der Waals surface area contributed by atoms with Gasteiger partial charge in [0.25, 0.3) is 0 Å². The van der Waals surface area contributed by atoms with Crippen molar-refractivity contribution in [1.82, 2.24) is 10.2 Å². The molecule has 0 spiro atoms. The van der Waals surface area contributed by atoms with Gasteiger partial charge in [-0.1, -0.05) is 43.2 Å². The van der Waals surface area contributed by atoms with E-state index in [1.165, 1.54) is 5.56 Å². The van der Waals surface area contributed by atoms with E-state index in [0.717, 1.165) is 37.8 Å². The molecule has 1 atom stereocenters. The van der Waals surface area contributed by atoms with Crippen LogP contribution in [0.3, 0.4) is 0 Å². The quantitative estimate of drug-likeness (QED) is 0.869. The number of likely N-dealkylation sites (tertiary alicyclic amines) is 1. The van der Waals surface area contributed by atoms with E-state index in [9.17, 15) is 9.59 Å². The Kier molecular flexibility index (Phi) is 6.41. The minimum Gasteiger partial charge on any atom is -0.351 e. The summed E-state index contributed by atoms with van der Waals surface area (Å²) in [6.07, 6.45) is 4.27. The maximum atomic E-state index is 12.7. The van der Waals surface area contributed by atoms with Crippen LogP contribution in [0.1, 0.15) is 57.1 Å². The van der Waals surface area contributed by atoms with Crippen molar-refractivity contribution < 1.29 is 9.59 Å². The van der Waals surface area contributed by atoms with Gasteiger partial charge in [-0.25, -0.2) is 0 Å². The zero-order valence-corrected chi connectivity index (χ0v) is 15.2. The van der Waals surface area contributed by atoms with Gasteiger partial charge in [0, 0.05) is 26.1 Å². The molecule has 132 valence electrons. The highest BCUT2D eigenvalue weighted by atomic mass is 16.2.